The molecule has 3 heterocycles. The van der Waals surface area contributed by atoms with Gasteiger partial charge in [0.2, 0.25) is 0 Å². The van der Waals surface area contributed by atoms with Crippen LogP contribution in [0.4, 0.5) is 0 Å². The average molecular weight is 520 g/mol. The highest BCUT2D eigenvalue weighted by Gasteiger charge is 2.36. The second-order valence-electron chi connectivity index (χ2n) is 9.24. The molecule has 9 nitrogen and oxygen atoms in total. The number of nitrogens with zero attached hydrogens (tertiary/aromatic N) is 3. The van der Waals surface area contributed by atoms with Crippen LogP contribution < -0.4 is 9.47 Å². The van der Waals surface area contributed by atoms with E-state index in [2.05, 4.69) is 0 Å². The third-order valence-electron chi connectivity index (χ3n) is 6.91. The number of carbonyl (C=O) groups excluding carboxylic acids is 2. The second kappa shape index (κ2) is 11.7. The van der Waals surface area contributed by atoms with Crippen molar-refractivity contribution in [3.63, 3.8) is 0 Å². The van der Waals surface area contributed by atoms with Crippen molar-refractivity contribution in [2.75, 3.05) is 59.7 Å². The van der Waals surface area contributed by atoms with E-state index in [1.165, 1.54) is 0 Å². The van der Waals surface area contributed by atoms with Gasteiger partial charge in [0.25, 0.3) is 11.8 Å². The van der Waals surface area contributed by atoms with Gasteiger partial charge in [-0.2, -0.15) is 0 Å². The summed E-state index contributed by atoms with van der Waals surface area (Å²) >= 11 is 0. The van der Waals surface area contributed by atoms with Crippen LogP contribution in [0.3, 0.4) is 0 Å². The Morgan fingerprint density at radius 3 is 1.95 bits per heavy atom. The summed E-state index contributed by atoms with van der Waals surface area (Å²) < 4.78 is 24.8. The molecule has 0 saturated carbocycles. The standard InChI is InChI=1S/C29H33N3O6/c1-21-25(28(33)30-12-16-36-17-13-30)32(23-10-6-7-11-24(23)35-2)26(29(34)31-14-18-37-19-15-31)27(21)38-20-22-8-4-3-5-9-22/h3-11H,12-20H2,1-2H3. The molecule has 0 radical (unpaired) electrons. The minimum atomic E-state index is -0.216. The molecule has 0 aliphatic carbocycles. The van der Waals surface area contributed by atoms with Crippen molar-refractivity contribution in [2.24, 2.45) is 0 Å². The molecular formula is C29H33N3O6. The topological polar surface area (TPSA) is 82.5 Å². The van der Waals surface area contributed by atoms with Crippen LogP contribution in [0, 0.1) is 6.92 Å². The van der Waals surface area contributed by atoms with Gasteiger partial charge in [0.1, 0.15) is 18.1 Å². The number of ether oxygens (including phenoxy) is 4. The second-order valence-corrected chi connectivity index (χ2v) is 9.24. The molecule has 0 unspecified atom stereocenters. The van der Waals surface area contributed by atoms with Gasteiger partial charge in [-0.3, -0.25) is 14.2 Å². The molecule has 38 heavy (non-hydrogen) atoms. The van der Waals surface area contributed by atoms with Crippen molar-refractivity contribution in [1.82, 2.24) is 14.4 Å². The number of methoxy groups -OCH3 is 1. The summed E-state index contributed by atoms with van der Waals surface area (Å²) in [5, 5.41) is 0. The van der Waals surface area contributed by atoms with Crippen LogP contribution in [0.1, 0.15) is 32.1 Å². The molecule has 0 atom stereocenters. The number of aromatic nitrogens is 1. The smallest absolute Gasteiger partial charge is 0.274 e. The van der Waals surface area contributed by atoms with Crippen molar-refractivity contribution >= 4 is 11.8 Å². The summed E-state index contributed by atoms with van der Waals surface area (Å²) in [6.07, 6.45) is 0. The molecule has 2 amide bonds. The van der Waals surface area contributed by atoms with Gasteiger partial charge in [-0.15, -0.1) is 0 Å². The van der Waals surface area contributed by atoms with E-state index in [-0.39, 0.29) is 18.4 Å². The number of amides is 2. The monoisotopic (exact) mass is 519 g/mol. The first kappa shape index (κ1) is 25.8. The SMILES string of the molecule is COc1ccccc1-n1c(C(=O)N2CCOCC2)c(C)c(OCc2ccccc2)c1C(=O)N1CCOCC1. The molecule has 2 aliphatic heterocycles. The highest BCUT2D eigenvalue weighted by molar-refractivity contribution is 6.03. The highest BCUT2D eigenvalue weighted by Crippen LogP contribution is 2.38. The quantitative estimate of drug-likeness (QED) is 0.476. The van der Waals surface area contributed by atoms with E-state index in [9.17, 15) is 9.59 Å². The van der Waals surface area contributed by atoms with Gasteiger partial charge in [0.15, 0.2) is 11.4 Å². The zero-order valence-electron chi connectivity index (χ0n) is 21.9. The summed E-state index contributed by atoms with van der Waals surface area (Å²) in [6.45, 7) is 5.82. The van der Waals surface area contributed by atoms with Crippen LogP contribution >= 0.6 is 0 Å². The summed E-state index contributed by atoms with van der Waals surface area (Å²) in [7, 11) is 1.58. The Morgan fingerprint density at radius 2 is 1.34 bits per heavy atom. The molecule has 3 aromatic rings. The Hall–Kier alpha value is -3.82. The minimum absolute atomic E-state index is 0.178. The molecule has 0 spiro atoms. The summed E-state index contributed by atoms with van der Waals surface area (Å²) in [5.74, 6) is 0.547. The maximum atomic E-state index is 14.2. The van der Waals surface area contributed by atoms with Crippen molar-refractivity contribution in [3.8, 4) is 17.2 Å². The van der Waals surface area contributed by atoms with Gasteiger partial charge in [0.05, 0.1) is 39.2 Å². The number of carbonyl (C=O) groups is 2. The number of morpholine rings is 2. The van der Waals surface area contributed by atoms with E-state index in [1.54, 1.807) is 21.5 Å². The van der Waals surface area contributed by atoms with Crippen LogP contribution in [0.15, 0.2) is 54.6 Å². The van der Waals surface area contributed by atoms with Crippen molar-refractivity contribution in [2.45, 2.75) is 13.5 Å². The predicted molar refractivity (Wildman–Crippen MR) is 141 cm³/mol. The van der Waals surface area contributed by atoms with Gasteiger partial charge in [0, 0.05) is 31.7 Å². The Morgan fingerprint density at radius 1 is 0.789 bits per heavy atom. The number of para-hydroxylation sites is 2. The van der Waals surface area contributed by atoms with Crippen LogP contribution in [0.25, 0.3) is 5.69 Å². The van der Waals surface area contributed by atoms with Crippen LogP contribution in [0.5, 0.6) is 11.5 Å². The normalized spacial score (nSPS) is 15.8. The zero-order chi connectivity index (χ0) is 26.5. The summed E-state index contributed by atoms with van der Waals surface area (Å²) in [5.41, 5.74) is 2.86. The molecule has 0 bridgehead atoms. The average Bonchev–Trinajstić information content (AvgIpc) is 3.28. The van der Waals surface area contributed by atoms with Gasteiger partial charge < -0.3 is 28.7 Å². The number of hydrogen-bond acceptors (Lipinski definition) is 6. The molecule has 200 valence electrons. The largest absolute Gasteiger partial charge is 0.495 e. The molecule has 9 heteroatoms. The van der Waals surface area contributed by atoms with Gasteiger partial charge >= 0.3 is 0 Å². The van der Waals surface area contributed by atoms with E-state index in [4.69, 9.17) is 18.9 Å². The number of benzene rings is 2. The third-order valence-corrected chi connectivity index (χ3v) is 6.91. The molecule has 2 aromatic carbocycles. The lowest BCUT2D eigenvalue weighted by molar-refractivity contribution is 0.0288. The molecule has 0 N–H and O–H groups in total. The number of rotatable bonds is 7. The van der Waals surface area contributed by atoms with Crippen LogP contribution in [0.2, 0.25) is 0 Å². The van der Waals surface area contributed by atoms with E-state index in [0.29, 0.717) is 86.7 Å². The zero-order valence-corrected chi connectivity index (χ0v) is 21.9. The number of hydrogen-bond donors (Lipinski definition) is 0. The Bertz CT molecular complexity index is 1280. The molecule has 1 aromatic heterocycles. The first-order valence-electron chi connectivity index (χ1n) is 12.9. The molecular weight excluding hydrogens is 486 g/mol. The van der Waals surface area contributed by atoms with Gasteiger partial charge in [-0.25, -0.2) is 0 Å². The van der Waals surface area contributed by atoms with E-state index < -0.39 is 0 Å². The Balaban J connectivity index is 1.70. The van der Waals surface area contributed by atoms with Crippen LogP contribution in [-0.2, 0) is 16.1 Å². The Kier molecular flexibility index (Phi) is 7.95. The predicted octanol–water partition coefficient (Wildman–Crippen LogP) is 3.32. The molecule has 2 saturated heterocycles. The summed E-state index contributed by atoms with van der Waals surface area (Å²) in [4.78, 5) is 31.8. The maximum Gasteiger partial charge on any atom is 0.274 e. The Labute approximate surface area is 222 Å². The highest BCUT2D eigenvalue weighted by atomic mass is 16.5. The maximum absolute atomic E-state index is 14.2. The lowest BCUT2D eigenvalue weighted by Crippen LogP contribution is -2.43. The van der Waals surface area contributed by atoms with E-state index >= 15 is 0 Å². The van der Waals surface area contributed by atoms with E-state index in [0.717, 1.165) is 5.56 Å². The molecule has 2 fully saturated rings. The summed E-state index contributed by atoms with van der Waals surface area (Å²) in [6, 6.07) is 17.2. The fourth-order valence-corrected chi connectivity index (χ4v) is 4.91. The van der Waals surface area contributed by atoms with Crippen LogP contribution in [-0.4, -0.2) is 85.9 Å². The van der Waals surface area contributed by atoms with Gasteiger partial charge in [-0.05, 0) is 24.6 Å². The van der Waals surface area contributed by atoms with Crippen molar-refractivity contribution in [1.29, 1.82) is 0 Å². The minimum Gasteiger partial charge on any atom is -0.495 e. The fraction of sp³-hybridized carbons (Fsp3) is 0.379. The first-order valence-corrected chi connectivity index (χ1v) is 12.9. The fourth-order valence-electron chi connectivity index (χ4n) is 4.91. The molecule has 5 rings (SSSR count). The lowest BCUT2D eigenvalue weighted by atomic mass is 10.2. The van der Waals surface area contributed by atoms with Crippen molar-refractivity contribution in [3.05, 3.63) is 77.1 Å². The first-order chi connectivity index (χ1) is 18.6. The molecule has 2 aliphatic rings. The third kappa shape index (κ3) is 5.12. The van der Waals surface area contributed by atoms with E-state index in [1.807, 2.05) is 61.5 Å². The van der Waals surface area contributed by atoms with Gasteiger partial charge in [-0.1, -0.05) is 42.5 Å². The van der Waals surface area contributed by atoms with Crippen molar-refractivity contribution < 1.29 is 28.5 Å². The lowest BCUT2D eigenvalue weighted by Gasteiger charge is -2.29.